The molecule has 0 aliphatic rings. The Bertz CT molecular complexity index is 431. The summed E-state index contributed by atoms with van der Waals surface area (Å²) in [5.74, 6) is 0.202. The topological polar surface area (TPSA) is 72.2 Å². The van der Waals surface area contributed by atoms with Gasteiger partial charge in [-0.15, -0.1) is 0 Å². The van der Waals surface area contributed by atoms with Crippen molar-refractivity contribution >= 4 is 38.3 Å². The first-order valence-corrected chi connectivity index (χ1v) is 7.96. The summed E-state index contributed by atoms with van der Waals surface area (Å²) >= 11 is 3.33. The van der Waals surface area contributed by atoms with Crippen LogP contribution in [0.5, 0.6) is 0 Å². The van der Waals surface area contributed by atoms with Gasteiger partial charge in [0.05, 0.1) is 0 Å². The highest BCUT2D eigenvalue weighted by Gasteiger charge is 2.09. The van der Waals surface area contributed by atoms with Crippen molar-refractivity contribution in [2.45, 2.75) is 19.1 Å². The lowest BCUT2D eigenvalue weighted by Gasteiger charge is -2.05. The Hall–Kier alpha value is -0.880. The van der Waals surface area contributed by atoms with E-state index in [4.69, 9.17) is 5.73 Å². The standard InChI is InChI=1S/C12H17BrN2O2S/c1-2-3-15-12(16)8-18(17)7-9-4-10(13)6-11(14)5-9/h4-6H,2-3,7-8,14H2,1H3,(H,15,16). The van der Waals surface area contributed by atoms with Crippen molar-refractivity contribution in [3.8, 4) is 0 Å². The third kappa shape index (κ3) is 5.64. The fourth-order valence-electron chi connectivity index (χ4n) is 1.46. The highest BCUT2D eigenvalue weighted by Crippen LogP contribution is 2.18. The molecule has 1 atom stereocenters. The van der Waals surface area contributed by atoms with Crippen LogP contribution in [-0.4, -0.2) is 22.4 Å². The van der Waals surface area contributed by atoms with E-state index >= 15 is 0 Å². The lowest BCUT2D eigenvalue weighted by Crippen LogP contribution is -2.29. The summed E-state index contributed by atoms with van der Waals surface area (Å²) in [6, 6.07) is 5.41. The zero-order chi connectivity index (χ0) is 13.5. The van der Waals surface area contributed by atoms with Crippen LogP contribution < -0.4 is 11.1 Å². The van der Waals surface area contributed by atoms with Gasteiger partial charge >= 0.3 is 0 Å². The number of amides is 1. The molecule has 1 rings (SSSR count). The summed E-state index contributed by atoms with van der Waals surface area (Å²) in [5, 5.41) is 2.71. The van der Waals surface area contributed by atoms with Crippen LogP contribution in [0.15, 0.2) is 22.7 Å². The van der Waals surface area contributed by atoms with Gasteiger partial charge in [0.25, 0.3) is 0 Å². The van der Waals surface area contributed by atoms with E-state index in [-0.39, 0.29) is 11.7 Å². The Morgan fingerprint density at radius 1 is 1.44 bits per heavy atom. The summed E-state index contributed by atoms with van der Waals surface area (Å²) < 4.78 is 12.7. The SMILES string of the molecule is CCCNC(=O)CS(=O)Cc1cc(N)cc(Br)c1. The van der Waals surface area contributed by atoms with Gasteiger partial charge in [-0.1, -0.05) is 22.9 Å². The first-order chi connectivity index (χ1) is 8.51. The molecule has 1 amide bonds. The van der Waals surface area contributed by atoms with Crippen molar-refractivity contribution in [2.75, 3.05) is 18.0 Å². The Labute approximate surface area is 118 Å². The molecule has 0 aliphatic heterocycles. The molecule has 100 valence electrons. The van der Waals surface area contributed by atoms with Crippen molar-refractivity contribution in [1.82, 2.24) is 5.32 Å². The van der Waals surface area contributed by atoms with Gasteiger partial charge in [0.15, 0.2) is 0 Å². The first kappa shape index (κ1) is 15.2. The van der Waals surface area contributed by atoms with Gasteiger partial charge in [-0.2, -0.15) is 0 Å². The third-order valence-electron chi connectivity index (χ3n) is 2.17. The summed E-state index contributed by atoms with van der Waals surface area (Å²) in [5.41, 5.74) is 7.18. The van der Waals surface area contributed by atoms with Gasteiger partial charge in [0, 0.05) is 33.3 Å². The molecular weight excluding hydrogens is 316 g/mol. The minimum absolute atomic E-state index is 0.0341. The minimum Gasteiger partial charge on any atom is -0.399 e. The zero-order valence-electron chi connectivity index (χ0n) is 10.2. The van der Waals surface area contributed by atoms with Crippen molar-refractivity contribution in [1.29, 1.82) is 0 Å². The Morgan fingerprint density at radius 2 is 2.17 bits per heavy atom. The van der Waals surface area contributed by atoms with Gasteiger partial charge in [0.1, 0.15) is 5.75 Å². The van der Waals surface area contributed by atoms with Gasteiger partial charge < -0.3 is 11.1 Å². The zero-order valence-corrected chi connectivity index (χ0v) is 12.6. The number of hydrogen-bond donors (Lipinski definition) is 2. The largest absolute Gasteiger partial charge is 0.399 e. The maximum atomic E-state index is 11.8. The highest BCUT2D eigenvalue weighted by molar-refractivity contribution is 9.10. The maximum Gasteiger partial charge on any atom is 0.232 e. The molecule has 0 bridgehead atoms. The van der Waals surface area contributed by atoms with Crippen molar-refractivity contribution in [3.63, 3.8) is 0 Å². The van der Waals surface area contributed by atoms with Gasteiger partial charge in [0.2, 0.25) is 5.91 Å². The van der Waals surface area contributed by atoms with E-state index in [2.05, 4.69) is 21.2 Å². The van der Waals surface area contributed by atoms with Crippen molar-refractivity contribution in [2.24, 2.45) is 0 Å². The predicted octanol–water partition coefficient (Wildman–Crippen LogP) is 1.81. The van der Waals surface area contributed by atoms with Crippen LogP contribution >= 0.6 is 15.9 Å². The summed E-state index contributed by atoms with van der Waals surface area (Å²) in [6.45, 7) is 2.60. The molecular formula is C12H17BrN2O2S. The molecule has 0 aliphatic carbocycles. The summed E-state index contributed by atoms with van der Waals surface area (Å²) in [4.78, 5) is 11.4. The molecule has 3 N–H and O–H groups in total. The predicted molar refractivity (Wildman–Crippen MR) is 78.6 cm³/mol. The molecule has 0 heterocycles. The molecule has 1 aromatic rings. The lowest BCUT2D eigenvalue weighted by molar-refractivity contribution is -0.118. The van der Waals surface area contributed by atoms with Crippen LogP contribution in [0.1, 0.15) is 18.9 Å². The molecule has 0 spiro atoms. The number of nitrogens with two attached hydrogens (primary N) is 1. The quantitative estimate of drug-likeness (QED) is 0.780. The van der Waals surface area contributed by atoms with E-state index in [0.717, 1.165) is 16.5 Å². The number of nitrogens with one attached hydrogen (secondary N) is 1. The van der Waals surface area contributed by atoms with E-state index in [1.807, 2.05) is 13.0 Å². The van der Waals surface area contributed by atoms with Crippen LogP contribution in [0.4, 0.5) is 5.69 Å². The minimum atomic E-state index is -1.21. The summed E-state index contributed by atoms with van der Waals surface area (Å²) in [7, 11) is -1.21. The van der Waals surface area contributed by atoms with Crippen LogP contribution in [0, 0.1) is 0 Å². The van der Waals surface area contributed by atoms with E-state index in [1.165, 1.54) is 0 Å². The number of nitrogen functional groups attached to an aromatic ring is 1. The molecule has 0 saturated heterocycles. The number of halogens is 1. The van der Waals surface area contributed by atoms with Gasteiger partial charge in [-0.25, -0.2) is 0 Å². The second kappa shape index (κ2) is 7.53. The third-order valence-corrected chi connectivity index (χ3v) is 3.87. The highest BCUT2D eigenvalue weighted by atomic mass is 79.9. The molecule has 0 radical (unpaired) electrons. The summed E-state index contributed by atoms with van der Waals surface area (Å²) in [6.07, 6.45) is 0.876. The van der Waals surface area contributed by atoms with Crippen molar-refractivity contribution in [3.05, 3.63) is 28.2 Å². The average Bonchev–Trinajstić information content (AvgIpc) is 2.24. The second-order valence-electron chi connectivity index (χ2n) is 3.97. The number of carbonyl (C=O) groups excluding carboxylic acids is 1. The number of hydrogen-bond acceptors (Lipinski definition) is 3. The van der Waals surface area contributed by atoms with Crippen molar-refractivity contribution < 1.29 is 9.00 Å². The number of carbonyl (C=O) groups is 1. The molecule has 0 fully saturated rings. The molecule has 18 heavy (non-hydrogen) atoms. The van der Waals surface area contributed by atoms with Crippen LogP contribution in [0.2, 0.25) is 0 Å². The molecule has 6 heteroatoms. The Balaban J connectivity index is 2.51. The van der Waals surface area contributed by atoms with Crippen LogP contribution in [0.3, 0.4) is 0 Å². The average molecular weight is 333 g/mol. The van der Waals surface area contributed by atoms with Gasteiger partial charge in [-0.3, -0.25) is 9.00 Å². The second-order valence-corrected chi connectivity index (χ2v) is 6.34. The number of benzene rings is 1. The van der Waals surface area contributed by atoms with E-state index in [0.29, 0.717) is 18.0 Å². The number of rotatable bonds is 6. The Kier molecular flexibility index (Phi) is 6.35. The Morgan fingerprint density at radius 3 is 2.78 bits per heavy atom. The molecule has 0 saturated carbocycles. The number of anilines is 1. The van der Waals surface area contributed by atoms with Gasteiger partial charge in [-0.05, 0) is 30.2 Å². The molecule has 1 unspecified atom stereocenters. The van der Waals surface area contributed by atoms with Crippen LogP contribution in [0.25, 0.3) is 0 Å². The van der Waals surface area contributed by atoms with E-state index < -0.39 is 10.8 Å². The maximum absolute atomic E-state index is 11.8. The first-order valence-electron chi connectivity index (χ1n) is 5.68. The lowest BCUT2D eigenvalue weighted by atomic mass is 10.2. The molecule has 0 aromatic heterocycles. The fourth-order valence-corrected chi connectivity index (χ4v) is 3.05. The van der Waals surface area contributed by atoms with Crippen LogP contribution in [-0.2, 0) is 21.3 Å². The molecule has 1 aromatic carbocycles. The molecule has 4 nitrogen and oxygen atoms in total. The smallest absolute Gasteiger partial charge is 0.232 e. The monoisotopic (exact) mass is 332 g/mol. The van der Waals surface area contributed by atoms with E-state index in [9.17, 15) is 9.00 Å². The fraction of sp³-hybridized carbons (Fsp3) is 0.417. The normalized spacial score (nSPS) is 12.1. The van der Waals surface area contributed by atoms with E-state index in [1.54, 1.807) is 12.1 Å².